The maximum Gasteiger partial charge on any atom is 0.247 e. The van der Waals surface area contributed by atoms with Crippen LogP contribution >= 0.6 is 22.7 Å². The van der Waals surface area contributed by atoms with Gasteiger partial charge in [0.2, 0.25) is 5.91 Å². The van der Waals surface area contributed by atoms with Crippen molar-refractivity contribution >= 4 is 34.7 Å². The zero-order chi connectivity index (χ0) is 17.2. The third-order valence-electron chi connectivity index (χ3n) is 4.40. The molecule has 0 saturated heterocycles. The number of nitrogens with zero attached hydrogens (tertiary/aromatic N) is 2. The molecule has 0 spiro atoms. The number of hydrogen-bond acceptors (Lipinski definition) is 4. The van der Waals surface area contributed by atoms with Crippen LogP contribution in [-0.2, 0) is 11.2 Å². The van der Waals surface area contributed by atoms with Gasteiger partial charge in [-0.3, -0.25) is 4.79 Å². The lowest BCUT2D eigenvalue weighted by atomic mass is 9.93. The summed E-state index contributed by atoms with van der Waals surface area (Å²) >= 11 is 3.38. The van der Waals surface area contributed by atoms with Gasteiger partial charge in [0, 0.05) is 22.9 Å². The molecule has 3 aromatic rings. The highest BCUT2D eigenvalue weighted by Gasteiger charge is 2.31. The van der Waals surface area contributed by atoms with Gasteiger partial charge in [0.25, 0.3) is 0 Å². The molecular weight excluding hydrogens is 348 g/mol. The fraction of sp³-hybridized carbons (Fsp3) is 0.200. The molecule has 3 nitrogen and oxygen atoms in total. The molecular formula is C20H18N2OS2. The lowest BCUT2D eigenvalue weighted by molar-refractivity contribution is -0.127. The second kappa shape index (κ2) is 6.94. The van der Waals surface area contributed by atoms with Gasteiger partial charge in [0.05, 0.1) is 16.7 Å². The quantitative estimate of drug-likeness (QED) is 0.630. The molecule has 0 aliphatic carbocycles. The molecule has 0 fully saturated rings. The summed E-state index contributed by atoms with van der Waals surface area (Å²) in [5, 5.41) is 5.11. The zero-order valence-electron chi connectivity index (χ0n) is 13.9. The van der Waals surface area contributed by atoms with Crippen LogP contribution < -0.4 is 0 Å². The molecule has 5 heteroatoms. The Hall–Kier alpha value is -2.24. The maximum atomic E-state index is 12.9. The van der Waals surface area contributed by atoms with E-state index in [1.54, 1.807) is 28.7 Å². The average molecular weight is 367 g/mol. The second-order valence-electron chi connectivity index (χ2n) is 6.02. The average Bonchev–Trinajstić information content (AvgIpc) is 3.28. The van der Waals surface area contributed by atoms with E-state index in [0.29, 0.717) is 0 Å². The Balaban J connectivity index is 1.65. The van der Waals surface area contributed by atoms with Gasteiger partial charge in [0.15, 0.2) is 0 Å². The van der Waals surface area contributed by atoms with Gasteiger partial charge in [-0.1, -0.05) is 30.3 Å². The predicted molar refractivity (Wildman–Crippen MR) is 104 cm³/mol. The molecule has 0 radical (unpaired) electrons. The Morgan fingerprint density at radius 2 is 2.08 bits per heavy atom. The number of carbonyl (C=O) groups is 1. The van der Waals surface area contributed by atoms with Gasteiger partial charge in [-0.25, -0.2) is 4.98 Å². The number of aryl methyl sites for hydroxylation is 1. The van der Waals surface area contributed by atoms with Crippen molar-refractivity contribution < 1.29 is 4.79 Å². The first kappa shape index (κ1) is 16.2. The number of benzene rings is 1. The summed E-state index contributed by atoms with van der Waals surface area (Å²) in [5.41, 5.74) is 3.27. The Labute approximate surface area is 155 Å². The molecule has 1 aromatic carbocycles. The lowest BCUT2D eigenvalue weighted by Crippen LogP contribution is -2.39. The minimum absolute atomic E-state index is 0.00878. The van der Waals surface area contributed by atoms with Crippen LogP contribution in [0.25, 0.3) is 6.08 Å². The monoisotopic (exact) mass is 366 g/mol. The second-order valence-corrected chi connectivity index (χ2v) is 8.08. The zero-order valence-corrected chi connectivity index (χ0v) is 15.5. The number of rotatable bonds is 3. The van der Waals surface area contributed by atoms with E-state index in [1.807, 2.05) is 41.5 Å². The standard InChI is InChI=1S/C20H18N2OS2/c1-14-21-16(13-25-14)7-8-19(23)22-11-9-18-17(10-12-24-18)20(22)15-5-3-2-4-6-15/h2-8,10,12-13,20H,9,11H2,1H3. The van der Waals surface area contributed by atoms with Crippen LogP contribution in [0.3, 0.4) is 0 Å². The molecule has 126 valence electrons. The minimum Gasteiger partial charge on any atom is -0.328 e. The largest absolute Gasteiger partial charge is 0.328 e. The molecule has 0 saturated carbocycles. The summed E-state index contributed by atoms with van der Waals surface area (Å²) in [7, 11) is 0. The predicted octanol–water partition coefficient (Wildman–Crippen LogP) is 4.70. The summed E-state index contributed by atoms with van der Waals surface area (Å²) in [5.74, 6) is 0.0383. The Morgan fingerprint density at radius 3 is 2.84 bits per heavy atom. The van der Waals surface area contributed by atoms with Crippen molar-refractivity contribution in [3.05, 3.63) is 79.9 Å². The number of amides is 1. The lowest BCUT2D eigenvalue weighted by Gasteiger charge is -2.35. The van der Waals surface area contributed by atoms with Crippen LogP contribution in [-0.4, -0.2) is 22.3 Å². The first-order valence-corrected chi connectivity index (χ1v) is 10.0. The molecule has 1 atom stereocenters. The third-order valence-corrected chi connectivity index (χ3v) is 6.19. The van der Waals surface area contributed by atoms with E-state index in [0.717, 1.165) is 29.2 Å². The van der Waals surface area contributed by atoms with Crippen molar-refractivity contribution in [3.63, 3.8) is 0 Å². The fourth-order valence-electron chi connectivity index (χ4n) is 3.26. The van der Waals surface area contributed by atoms with E-state index in [9.17, 15) is 4.79 Å². The van der Waals surface area contributed by atoms with Gasteiger partial charge in [-0.15, -0.1) is 22.7 Å². The van der Waals surface area contributed by atoms with E-state index < -0.39 is 0 Å². The smallest absolute Gasteiger partial charge is 0.247 e. The number of thiophene rings is 1. The summed E-state index contributed by atoms with van der Waals surface area (Å²) in [6.45, 7) is 2.71. The Bertz CT molecular complexity index is 911. The number of hydrogen-bond donors (Lipinski definition) is 0. The van der Waals surface area contributed by atoms with Gasteiger partial charge >= 0.3 is 0 Å². The van der Waals surface area contributed by atoms with Crippen molar-refractivity contribution in [2.75, 3.05) is 6.54 Å². The topological polar surface area (TPSA) is 33.2 Å². The van der Waals surface area contributed by atoms with Gasteiger partial charge in [-0.05, 0) is 42.0 Å². The van der Waals surface area contributed by atoms with Crippen LogP contribution in [0.4, 0.5) is 0 Å². The van der Waals surface area contributed by atoms with Crippen molar-refractivity contribution in [2.24, 2.45) is 0 Å². The highest BCUT2D eigenvalue weighted by molar-refractivity contribution is 7.10. The summed E-state index contributed by atoms with van der Waals surface area (Å²) in [4.78, 5) is 20.7. The fourth-order valence-corrected chi connectivity index (χ4v) is 4.74. The molecule has 1 aliphatic rings. The highest BCUT2D eigenvalue weighted by atomic mass is 32.1. The molecule has 1 aliphatic heterocycles. The molecule has 0 N–H and O–H groups in total. The Morgan fingerprint density at radius 1 is 1.24 bits per heavy atom. The molecule has 0 bridgehead atoms. The first-order valence-electron chi connectivity index (χ1n) is 8.24. The highest BCUT2D eigenvalue weighted by Crippen LogP contribution is 2.37. The number of thiazole rings is 1. The van der Waals surface area contributed by atoms with E-state index >= 15 is 0 Å². The number of aromatic nitrogens is 1. The SMILES string of the molecule is Cc1nc(C=CC(=O)N2CCc3sccc3C2c2ccccc2)cs1. The van der Waals surface area contributed by atoms with Crippen LogP contribution in [0.15, 0.2) is 53.2 Å². The van der Waals surface area contributed by atoms with Crippen molar-refractivity contribution in [1.82, 2.24) is 9.88 Å². The third kappa shape index (κ3) is 3.30. The number of fused-ring (bicyclic) bond motifs is 1. The van der Waals surface area contributed by atoms with Gasteiger partial charge in [0.1, 0.15) is 0 Å². The van der Waals surface area contributed by atoms with Crippen molar-refractivity contribution in [3.8, 4) is 0 Å². The molecule has 2 aromatic heterocycles. The normalized spacial score (nSPS) is 17.0. The molecule has 3 heterocycles. The number of carbonyl (C=O) groups excluding carboxylic acids is 1. The van der Waals surface area contributed by atoms with E-state index in [4.69, 9.17) is 0 Å². The molecule has 4 rings (SSSR count). The van der Waals surface area contributed by atoms with Crippen LogP contribution in [0.5, 0.6) is 0 Å². The van der Waals surface area contributed by atoms with Crippen molar-refractivity contribution in [1.29, 1.82) is 0 Å². The Kier molecular flexibility index (Phi) is 4.51. The van der Waals surface area contributed by atoms with E-state index in [-0.39, 0.29) is 11.9 Å². The van der Waals surface area contributed by atoms with Crippen LogP contribution in [0, 0.1) is 6.92 Å². The minimum atomic E-state index is -0.00878. The van der Waals surface area contributed by atoms with Crippen LogP contribution in [0.2, 0.25) is 0 Å². The van der Waals surface area contributed by atoms with Gasteiger partial charge in [-0.2, -0.15) is 0 Å². The molecule has 25 heavy (non-hydrogen) atoms. The molecule has 1 unspecified atom stereocenters. The maximum absolute atomic E-state index is 12.9. The summed E-state index contributed by atoms with van der Waals surface area (Å²) in [6.07, 6.45) is 4.39. The van der Waals surface area contributed by atoms with E-state index in [2.05, 4.69) is 28.6 Å². The first-order chi connectivity index (χ1) is 12.2. The summed E-state index contributed by atoms with van der Waals surface area (Å²) < 4.78 is 0. The summed E-state index contributed by atoms with van der Waals surface area (Å²) in [6, 6.07) is 12.4. The van der Waals surface area contributed by atoms with E-state index in [1.165, 1.54) is 10.4 Å². The van der Waals surface area contributed by atoms with Crippen LogP contribution in [0.1, 0.15) is 32.7 Å². The molecule has 1 amide bonds. The van der Waals surface area contributed by atoms with Crippen molar-refractivity contribution in [2.45, 2.75) is 19.4 Å². The van der Waals surface area contributed by atoms with Gasteiger partial charge < -0.3 is 4.90 Å².